The minimum atomic E-state index is -0.0382. The van der Waals surface area contributed by atoms with E-state index in [9.17, 15) is 4.39 Å². The highest BCUT2D eigenvalue weighted by Gasteiger charge is 2.14. The molecule has 0 heterocycles. The number of rotatable bonds is 2. The Kier molecular flexibility index (Phi) is 3.07. The zero-order chi connectivity index (χ0) is 10.0. The summed E-state index contributed by atoms with van der Waals surface area (Å²) in [6.07, 6.45) is 0. The number of aryl methyl sites for hydroxylation is 1. The highest BCUT2D eigenvalue weighted by atomic mass is 19.1. The monoisotopic (exact) mass is 180 g/mol. The molecule has 0 aliphatic heterocycles. The van der Waals surface area contributed by atoms with Crippen LogP contribution in [0.4, 0.5) is 4.39 Å². The van der Waals surface area contributed by atoms with Crippen molar-refractivity contribution in [3.8, 4) is 0 Å². The smallest absolute Gasteiger partial charge is 0.129 e. The van der Waals surface area contributed by atoms with E-state index in [2.05, 4.69) is 20.8 Å². The molecule has 0 N–H and O–H groups in total. The first-order chi connectivity index (χ1) is 6.04. The van der Waals surface area contributed by atoms with E-state index in [0.29, 0.717) is 11.8 Å². The van der Waals surface area contributed by atoms with Gasteiger partial charge in [0.1, 0.15) is 5.82 Å². The molecule has 0 radical (unpaired) electrons. The minimum absolute atomic E-state index is 0.0382. The third-order valence-corrected chi connectivity index (χ3v) is 2.71. The quantitative estimate of drug-likeness (QED) is 0.647. The zero-order valence-corrected chi connectivity index (χ0v) is 8.76. The second-order valence-electron chi connectivity index (χ2n) is 4.01. The fraction of sp³-hybridized carbons (Fsp3) is 0.500. The predicted octanol–water partition coefficient (Wildman–Crippen LogP) is 3.89. The first kappa shape index (κ1) is 10.2. The normalized spacial score (nSPS) is 13.4. The Balaban J connectivity index is 3.07. The van der Waals surface area contributed by atoms with Crippen LogP contribution in [0, 0.1) is 18.7 Å². The fourth-order valence-electron chi connectivity index (χ4n) is 1.38. The first-order valence-electron chi connectivity index (χ1n) is 4.79. The van der Waals surface area contributed by atoms with Gasteiger partial charge in [-0.15, -0.1) is 0 Å². The van der Waals surface area contributed by atoms with Crippen LogP contribution >= 0.6 is 0 Å². The lowest BCUT2D eigenvalue weighted by molar-refractivity contribution is 0.499. The Morgan fingerprint density at radius 3 is 2.31 bits per heavy atom. The van der Waals surface area contributed by atoms with Crippen LogP contribution in [0.15, 0.2) is 18.2 Å². The van der Waals surface area contributed by atoms with E-state index in [0.717, 1.165) is 11.1 Å². The van der Waals surface area contributed by atoms with Gasteiger partial charge in [-0.3, -0.25) is 0 Å². The summed E-state index contributed by atoms with van der Waals surface area (Å²) in [5, 5.41) is 0. The minimum Gasteiger partial charge on any atom is -0.206 e. The number of halogens is 1. The lowest BCUT2D eigenvalue weighted by atomic mass is 9.89. The Morgan fingerprint density at radius 2 is 1.77 bits per heavy atom. The van der Waals surface area contributed by atoms with Gasteiger partial charge >= 0.3 is 0 Å². The summed E-state index contributed by atoms with van der Waals surface area (Å²) in [6.45, 7) is 8.12. The highest BCUT2D eigenvalue weighted by Crippen LogP contribution is 2.26. The van der Waals surface area contributed by atoms with Crippen LogP contribution in [-0.2, 0) is 0 Å². The van der Waals surface area contributed by atoms with Gasteiger partial charge in [-0.05, 0) is 29.9 Å². The molecule has 0 fully saturated rings. The summed E-state index contributed by atoms with van der Waals surface area (Å²) < 4.78 is 13.6. The Hall–Kier alpha value is -0.850. The summed E-state index contributed by atoms with van der Waals surface area (Å²) in [4.78, 5) is 0. The molecule has 1 aromatic carbocycles. The van der Waals surface area contributed by atoms with Crippen LogP contribution in [-0.4, -0.2) is 0 Å². The molecule has 0 aliphatic carbocycles. The largest absolute Gasteiger partial charge is 0.206 e. The van der Waals surface area contributed by atoms with Crippen molar-refractivity contribution < 1.29 is 4.39 Å². The average Bonchev–Trinajstić information content (AvgIpc) is 2.08. The molecule has 1 heteroatoms. The standard InChI is InChI=1S/C12H17F/c1-8(2)10(4)11-7-5-6-9(3)12(11)13/h5-8,10H,1-4H3/t10-/m1/s1. The molecule has 13 heavy (non-hydrogen) atoms. The maximum Gasteiger partial charge on any atom is 0.129 e. The van der Waals surface area contributed by atoms with Crippen molar-refractivity contribution in [3.63, 3.8) is 0 Å². The third-order valence-electron chi connectivity index (χ3n) is 2.71. The fourth-order valence-corrected chi connectivity index (χ4v) is 1.38. The molecule has 0 spiro atoms. The van der Waals surface area contributed by atoms with Crippen LogP contribution in [0.3, 0.4) is 0 Å². The van der Waals surface area contributed by atoms with Crippen molar-refractivity contribution in [2.75, 3.05) is 0 Å². The molecule has 0 saturated heterocycles. The van der Waals surface area contributed by atoms with Gasteiger partial charge in [-0.1, -0.05) is 39.0 Å². The van der Waals surface area contributed by atoms with E-state index >= 15 is 0 Å². The second kappa shape index (κ2) is 3.91. The van der Waals surface area contributed by atoms with Crippen molar-refractivity contribution in [3.05, 3.63) is 35.1 Å². The van der Waals surface area contributed by atoms with Gasteiger partial charge in [0, 0.05) is 0 Å². The Labute approximate surface area is 79.8 Å². The van der Waals surface area contributed by atoms with Crippen LogP contribution in [0.1, 0.15) is 37.8 Å². The van der Waals surface area contributed by atoms with Gasteiger partial charge in [0.15, 0.2) is 0 Å². The van der Waals surface area contributed by atoms with E-state index in [-0.39, 0.29) is 5.82 Å². The van der Waals surface area contributed by atoms with E-state index < -0.39 is 0 Å². The molecule has 0 nitrogen and oxygen atoms in total. The molecule has 1 rings (SSSR count). The molecule has 1 aromatic rings. The van der Waals surface area contributed by atoms with Gasteiger partial charge in [0.05, 0.1) is 0 Å². The number of hydrogen-bond acceptors (Lipinski definition) is 0. The maximum absolute atomic E-state index is 13.6. The molecule has 1 atom stereocenters. The number of hydrogen-bond donors (Lipinski definition) is 0. The first-order valence-corrected chi connectivity index (χ1v) is 4.79. The molecule has 0 bridgehead atoms. The topological polar surface area (TPSA) is 0 Å². The van der Waals surface area contributed by atoms with Gasteiger partial charge in [-0.2, -0.15) is 0 Å². The molecular weight excluding hydrogens is 163 g/mol. The van der Waals surface area contributed by atoms with E-state index in [4.69, 9.17) is 0 Å². The Bertz CT molecular complexity index is 289. The van der Waals surface area contributed by atoms with Crippen molar-refractivity contribution in [2.24, 2.45) is 5.92 Å². The molecule has 0 amide bonds. The van der Waals surface area contributed by atoms with Crippen LogP contribution < -0.4 is 0 Å². The highest BCUT2D eigenvalue weighted by molar-refractivity contribution is 5.27. The lowest BCUT2D eigenvalue weighted by Crippen LogP contribution is -2.05. The molecule has 0 unspecified atom stereocenters. The van der Waals surface area contributed by atoms with Crippen molar-refractivity contribution in [2.45, 2.75) is 33.6 Å². The van der Waals surface area contributed by atoms with Crippen molar-refractivity contribution in [1.82, 2.24) is 0 Å². The third kappa shape index (κ3) is 2.09. The van der Waals surface area contributed by atoms with Crippen LogP contribution in [0.5, 0.6) is 0 Å². The molecule has 0 aromatic heterocycles. The molecule has 0 saturated carbocycles. The molecular formula is C12H17F. The predicted molar refractivity (Wildman–Crippen MR) is 54.4 cm³/mol. The van der Waals surface area contributed by atoms with Crippen LogP contribution in [0.25, 0.3) is 0 Å². The van der Waals surface area contributed by atoms with Gasteiger partial charge in [0.25, 0.3) is 0 Å². The van der Waals surface area contributed by atoms with E-state index in [1.54, 1.807) is 0 Å². The van der Waals surface area contributed by atoms with Gasteiger partial charge in [-0.25, -0.2) is 4.39 Å². The second-order valence-corrected chi connectivity index (χ2v) is 4.01. The van der Waals surface area contributed by atoms with E-state index in [1.165, 1.54) is 0 Å². The average molecular weight is 180 g/mol. The Morgan fingerprint density at radius 1 is 1.15 bits per heavy atom. The SMILES string of the molecule is Cc1cccc([C@H](C)C(C)C)c1F. The van der Waals surface area contributed by atoms with Crippen molar-refractivity contribution in [1.29, 1.82) is 0 Å². The van der Waals surface area contributed by atoms with Crippen molar-refractivity contribution >= 4 is 0 Å². The molecule has 72 valence electrons. The summed E-state index contributed by atoms with van der Waals surface area (Å²) in [6, 6.07) is 5.62. The zero-order valence-electron chi connectivity index (χ0n) is 8.76. The molecule has 0 aliphatic rings. The summed E-state index contributed by atoms with van der Waals surface area (Å²) in [5.41, 5.74) is 1.58. The maximum atomic E-state index is 13.6. The van der Waals surface area contributed by atoms with Gasteiger partial charge in [0.2, 0.25) is 0 Å². The van der Waals surface area contributed by atoms with Gasteiger partial charge < -0.3 is 0 Å². The van der Waals surface area contributed by atoms with Crippen LogP contribution in [0.2, 0.25) is 0 Å². The summed E-state index contributed by atoms with van der Waals surface area (Å²) in [7, 11) is 0. The lowest BCUT2D eigenvalue weighted by Gasteiger charge is -2.17. The van der Waals surface area contributed by atoms with E-state index in [1.807, 2.05) is 25.1 Å². The number of benzene rings is 1. The summed E-state index contributed by atoms with van der Waals surface area (Å²) >= 11 is 0. The summed E-state index contributed by atoms with van der Waals surface area (Å²) in [5.74, 6) is 0.736.